The number of amides is 2. The first-order chi connectivity index (χ1) is 13.9. The molecule has 0 radical (unpaired) electrons. The van der Waals surface area contributed by atoms with Gasteiger partial charge in [0, 0.05) is 19.0 Å². The Kier molecular flexibility index (Phi) is 6.85. The Labute approximate surface area is 170 Å². The number of ether oxygens (including phenoxy) is 1. The Morgan fingerprint density at radius 3 is 2.52 bits per heavy atom. The van der Waals surface area contributed by atoms with E-state index in [1.165, 1.54) is 0 Å². The van der Waals surface area contributed by atoms with E-state index in [0.29, 0.717) is 30.6 Å². The van der Waals surface area contributed by atoms with Crippen molar-refractivity contribution in [2.45, 2.75) is 45.6 Å². The Morgan fingerprint density at radius 1 is 1.24 bits per heavy atom. The molecule has 1 saturated heterocycles. The fourth-order valence-corrected chi connectivity index (χ4v) is 3.42. The summed E-state index contributed by atoms with van der Waals surface area (Å²) in [5.41, 5.74) is 0. The standard InChI is InChI=1S/C21H28N4O4/c1-14(2)19(23-18(26)13-28-17-7-5-4-6-8-17)21(27)25-11-9-16(10-12-25)20-22-15(3)24-29-20/h4-8,14,16,19H,9-13H2,1-3H3,(H,23,26). The summed E-state index contributed by atoms with van der Waals surface area (Å²) in [6, 6.07) is 8.55. The topological polar surface area (TPSA) is 97.6 Å². The normalized spacial score (nSPS) is 15.9. The third-order valence-corrected chi connectivity index (χ3v) is 5.06. The highest BCUT2D eigenvalue weighted by atomic mass is 16.5. The number of hydrogen-bond acceptors (Lipinski definition) is 6. The van der Waals surface area contributed by atoms with Gasteiger partial charge in [0.25, 0.3) is 5.91 Å². The second kappa shape index (κ2) is 9.54. The average molecular weight is 400 g/mol. The van der Waals surface area contributed by atoms with Gasteiger partial charge < -0.3 is 19.5 Å². The molecule has 1 unspecified atom stereocenters. The maximum Gasteiger partial charge on any atom is 0.258 e. The number of likely N-dealkylation sites (tertiary alicyclic amines) is 1. The molecule has 29 heavy (non-hydrogen) atoms. The minimum Gasteiger partial charge on any atom is -0.484 e. The van der Waals surface area contributed by atoms with E-state index in [0.717, 1.165) is 12.8 Å². The van der Waals surface area contributed by atoms with Crippen molar-refractivity contribution >= 4 is 11.8 Å². The highest BCUT2D eigenvalue weighted by Crippen LogP contribution is 2.27. The lowest BCUT2D eigenvalue weighted by atomic mass is 9.95. The first-order valence-corrected chi connectivity index (χ1v) is 10.00. The molecule has 156 valence electrons. The van der Waals surface area contributed by atoms with Crippen LogP contribution in [0.25, 0.3) is 0 Å². The molecule has 1 N–H and O–H groups in total. The van der Waals surface area contributed by atoms with Gasteiger partial charge in [-0.25, -0.2) is 0 Å². The molecule has 0 saturated carbocycles. The lowest BCUT2D eigenvalue weighted by Crippen LogP contribution is -2.53. The smallest absolute Gasteiger partial charge is 0.258 e. The molecule has 0 spiro atoms. The zero-order chi connectivity index (χ0) is 20.8. The van der Waals surface area contributed by atoms with Crippen molar-refractivity contribution in [1.82, 2.24) is 20.4 Å². The van der Waals surface area contributed by atoms with Crippen molar-refractivity contribution in [3.05, 3.63) is 42.0 Å². The van der Waals surface area contributed by atoms with E-state index in [4.69, 9.17) is 9.26 Å². The number of nitrogens with one attached hydrogen (secondary N) is 1. The Bertz CT molecular complexity index is 813. The van der Waals surface area contributed by atoms with Crippen molar-refractivity contribution in [2.24, 2.45) is 5.92 Å². The van der Waals surface area contributed by atoms with Gasteiger partial charge in [0.15, 0.2) is 12.4 Å². The molecule has 2 amide bonds. The van der Waals surface area contributed by atoms with Crippen LogP contribution in [-0.2, 0) is 9.59 Å². The van der Waals surface area contributed by atoms with E-state index < -0.39 is 6.04 Å². The van der Waals surface area contributed by atoms with Gasteiger partial charge in [-0.1, -0.05) is 37.2 Å². The van der Waals surface area contributed by atoms with Crippen LogP contribution in [0.1, 0.15) is 44.3 Å². The predicted octanol–water partition coefficient (Wildman–Crippen LogP) is 2.30. The van der Waals surface area contributed by atoms with Crippen LogP contribution in [-0.4, -0.2) is 52.6 Å². The first kappa shape index (κ1) is 20.8. The number of carbonyl (C=O) groups excluding carboxylic acids is 2. The number of piperidine rings is 1. The van der Waals surface area contributed by atoms with Crippen molar-refractivity contribution in [3.63, 3.8) is 0 Å². The zero-order valence-corrected chi connectivity index (χ0v) is 17.1. The van der Waals surface area contributed by atoms with E-state index in [1.807, 2.05) is 36.9 Å². The van der Waals surface area contributed by atoms with Crippen molar-refractivity contribution in [3.8, 4) is 5.75 Å². The second-order valence-corrected chi connectivity index (χ2v) is 7.67. The van der Waals surface area contributed by atoms with E-state index in [-0.39, 0.29) is 30.3 Å². The van der Waals surface area contributed by atoms with Crippen LogP contribution in [0.5, 0.6) is 5.75 Å². The predicted molar refractivity (Wildman–Crippen MR) is 106 cm³/mol. The minimum absolute atomic E-state index is 0.0283. The quantitative estimate of drug-likeness (QED) is 0.766. The van der Waals surface area contributed by atoms with Gasteiger partial charge >= 0.3 is 0 Å². The molecule has 2 aromatic rings. The van der Waals surface area contributed by atoms with Crippen LogP contribution >= 0.6 is 0 Å². The number of aromatic nitrogens is 2. The number of benzene rings is 1. The lowest BCUT2D eigenvalue weighted by Gasteiger charge is -2.34. The average Bonchev–Trinajstić information content (AvgIpc) is 3.17. The Hall–Kier alpha value is -2.90. The first-order valence-electron chi connectivity index (χ1n) is 10.00. The summed E-state index contributed by atoms with van der Waals surface area (Å²) in [5, 5.41) is 6.68. The molecule has 1 aromatic carbocycles. The SMILES string of the molecule is Cc1noc(C2CCN(C(=O)C(NC(=O)COc3ccccc3)C(C)C)CC2)n1. The molecule has 1 aromatic heterocycles. The molecule has 8 heteroatoms. The number of aryl methyl sites for hydroxylation is 1. The van der Waals surface area contributed by atoms with Crippen LogP contribution in [0.15, 0.2) is 34.9 Å². The summed E-state index contributed by atoms with van der Waals surface area (Å²) in [5.74, 6) is 1.66. The number of carbonyl (C=O) groups is 2. The summed E-state index contributed by atoms with van der Waals surface area (Å²) in [6.45, 7) is 6.72. The van der Waals surface area contributed by atoms with Crippen molar-refractivity contribution in [2.75, 3.05) is 19.7 Å². The number of nitrogens with zero attached hydrogens (tertiary/aromatic N) is 3. The molecular weight excluding hydrogens is 372 g/mol. The van der Waals surface area contributed by atoms with Crippen molar-refractivity contribution in [1.29, 1.82) is 0 Å². The van der Waals surface area contributed by atoms with Crippen LogP contribution in [0, 0.1) is 12.8 Å². The molecule has 1 fully saturated rings. The van der Waals surface area contributed by atoms with E-state index in [2.05, 4.69) is 15.5 Å². The Morgan fingerprint density at radius 2 is 1.93 bits per heavy atom. The highest BCUT2D eigenvalue weighted by Gasteiger charge is 2.32. The van der Waals surface area contributed by atoms with Gasteiger partial charge in [-0.05, 0) is 37.8 Å². The van der Waals surface area contributed by atoms with Crippen LogP contribution in [0.3, 0.4) is 0 Å². The molecule has 3 rings (SSSR count). The summed E-state index contributed by atoms with van der Waals surface area (Å²) in [6.07, 6.45) is 1.53. The van der Waals surface area contributed by atoms with E-state index in [9.17, 15) is 9.59 Å². The summed E-state index contributed by atoms with van der Waals surface area (Å²) in [7, 11) is 0. The van der Waals surface area contributed by atoms with E-state index >= 15 is 0 Å². The summed E-state index contributed by atoms with van der Waals surface area (Å²) < 4.78 is 10.7. The molecule has 1 aliphatic rings. The third kappa shape index (κ3) is 5.56. The second-order valence-electron chi connectivity index (χ2n) is 7.67. The van der Waals surface area contributed by atoms with Crippen LogP contribution in [0.4, 0.5) is 0 Å². The highest BCUT2D eigenvalue weighted by molar-refractivity contribution is 5.88. The molecule has 0 bridgehead atoms. The number of hydrogen-bond donors (Lipinski definition) is 1. The fourth-order valence-electron chi connectivity index (χ4n) is 3.42. The number of para-hydroxylation sites is 1. The summed E-state index contributed by atoms with van der Waals surface area (Å²) in [4.78, 5) is 31.4. The third-order valence-electron chi connectivity index (χ3n) is 5.06. The molecule has 1 atom stereocenters. The maximum atomic E-state index is 13.0. The zero-order valence-electron chi connectivity index (χ0n) is 17.1. The largest absolute Gasteiger partial charge is 0.484 e. The molecule has 0 aliphatic carbocycles. The van der Waals surface area contributed by atoms with Gasteiger partial charge in [-0.3, -0.25) is 9.59 Å². The lowest BCUT2D eigenvalue weighted by molar-refractivity contribution is -0.139. The monoisotopic (exact) mass is 400 g/mol. The number of rotatable bonds is 7. The molecule has 8 nitrogen and oxygen atoms in total. The van der Waals surface area contributed by atoms with Crippen LogP contribution < -0.4 is 10.1 Å². The Balaban J connectivity index is 1.52. The van der Waals surface area contributed by atoms with Gasteiger partial charge in [0.2, 0.25) is 11.8 Å². The molecular formula is C21H28N4O4. The van der Waals surface area contributed by atoms with Gasteiger partial charge in [-0.15, -0.1) is 0 Å². The van der Waals surface area contributed by atoms with Gasteiger partial charge in [0.1, 0.15) is 11.8 Å². The van der Waals surface area contributed by atoms with E-state index in [1.54, 1.807) is 19.1 Å². The fraction of sp³-hybridized carbons (Fsp3) is 0.524. The summed E-state index contributed by atoms with van der Waals surface area (Å²) >= 11 is 0. The molecule has 1 aliphatic heterocycles. The molecule has 2 heterocycles. The van der Waals surface area contributed by atoms with Gasteiger partial charge in [-0.2, -0.15) is 4.98 Å². The van der Waals surface area contributed by atoms with Gasteiger partial charge in [0.05, 0.1) is 0 Å². The minimum atomic E-state index is -0.580. The van der Waals surface area contributed by atoms with Crippen molar-refractivity contribution < 1.29 is 18.8 Å². The maximum absolute atomic E-state index is 13.0. The van der Waals surface area contributed by atoms with Crippen LogP contribution in [0.2, 0.25) is 0 Å².